The zero-order valence-corrected chi connectivity index (χ0v) is 12.9. The van der Waals surface area contributed by atoms with E-state index < -0.39 is 0 Å². The highest BCUT2D eigenvalue weighted by atomic mass is 32.1. The van der Waals surface area contributed by atoms with E-state index in [1.807, 2.05) is 24.3 Å². The molecule has 2 aromatic heterocycles. The van der Waals surface area contributed by atoms with Crippen molar-refractivity contribution in [1.82, 2.24) is 9.55 Å². The van der Waals surface area contributed by atoms with Gasteiger partial charge in [-0.1, -0.05) is 37.3 Å². The van der Waals surface area contributed by atoms with E-state index in [4.69, 9.17) is 0 Å². The first kappa shape index (κ1) is 14.0. The third-order valence-electron chi connectivity index (χ3n) is 3.62. The molecule has 21 heavy (non-hydrogen) atoms. The summed E-state index contributed by atoms with van der Waals surface area (Å²) in [5, 5.41) is 0.763. The van der Waals surface area contributed by atoms with Crippen molar-refractivity contribution in [2.45, 2.75) is 32.7 Å². The van der Waals surface area contributed by atoms with E-state index >= 15 is 0 Å². The molecule has 0 fully saturated rings. The molecule has 0 N–H and O–H groups in total. The minimum atomic E-state index is 0.0870. The normalized spacial score (nSPS) is 11.1. The van der Waals surface area contributed by atoms with Crippen molar-refractivity contribution in [3.8, 4) is 0 Å². The highest BCUT2D eigenvalue weighted by molar-refractivity contribution is 7.18. The van der Waals surface area contributed by atoms with Gasteiger partial charge < -0.3 is 0 Å². The van der Waals surface area contributed by atoms with Crippen LogP contribution in [0.15, 0.2) is 47.5 Å². The van der Waals surface area contributed by atoms with E-state index in [0.717, 1.165) is 29.5 Å². The summed E-state index contributed by atoms with van der Waals surface area (Å²) in [4.78, 5) is 18.9. The Morgan fingerprint density at radius 1 is 1.24 bits per heavy atom. The van der Waals surface area contributed by atoms with Crippen LogP contribution in [0.1, 0.15) is 23.8 Å². The van der Waals surface area contributed by atoms with Crippen molar-refractivity contribution < 1.29 is 0 Å². The minimum absolute atomic E-state index is 0.0870. The molecule has 0 unspecified atom stereocenters. The van der Waals surface area contributed by atoms with E-state index in [0.29, 0.717) is 6.54 Å². The van der Waals surface area contributed by atoms with Gasteiger partial charge in [-0.2, -0.15) is 0 Å². The fourth-order valence-electron chi connectivity index (χ4n) is 2.44. The van der Waals surface area contributed by atoms with Crippen LogP contribution in [-0.2, 0) is 19.4 Å². The largest absolute Gasteiger partial charge is 0.299 e. The zero-order chi connectivity index (χ0) is 14.7. The van der Waals surface area contributed by atoms with E-state index in [-0.39, 0.29) is 5.56 Å². The first-order valence-corrected chi connectivity index (χ1v) is 8.11. The van der Waals surface area contributed by atoms with E-state index in [1.165, 1.54) is 10.4 Å². The maximum absolute atomic E-state index is 12.4. The molecular weight excluding hydrogens is 280 g/mol. The number of aromatic nitrogens is 2. The molecule has 0 amide bonds. The molecule has 3 aromatic rings. The van der Waals surface area contributed by atoms with Gasteiger partial charge in [-0.05, 0) is 30.9 Å². The van der Waals surface area contributed by atoms with Crippen molar-refractivity contribution in [3.05, 3.63) is 63.5 Å². The van der Waals surface area contributed by atoms with Crippen molar-refractivity contribution in [1.29, 1.82) is 0 Å². The summed E-state index contributed by atoms with van der Waals surface area (Å²) in [6, 6.07) is 12.4. The topological polar surface area (TPSA) is 34.9 Å². The second kappa shape index (κ2) is 6.22. The molecule has 1 aromatic carbocycles. The van der Waals surface area contributed by atoms with Gasteiger partial charge in [0.05, 0.1) is 11.7 Å². The summed E-state index contributed by atoms with van der Waals surface area (Å²) in [5.74, 6) is 0. The average molecular weight is 298 g/mol. The number of fused-ring (bicyclic) bond motifs is 1. The Balaban J connectivity index is 1.75. The molecule has 0 aliphatic rings. The smallest absolute Gasteiger partial charge is 0.262 e. The monoisotopic (exact) mass is 298 g/mol. The van der Waals surface area contributed by atoms with Crippen LogP contribution in [0.4, 0.5) is 0 Å². The maximum atomic E-state index is 12.4. The Morgan fingerprint density at radius 3 is 2.81 bits per heavy atom. The van der Waals surface area contributed by atoms with E-state index in [9.17, 15) is 4.79 Å². The average Bonchev–Trinajstić information content (AvgIpc) is 2.95. The van der Waals surface area contributed by atoms with Gasteiger partial charge >= 0.3 is 0 Å². The molecule has 0 atom stereocenters. The molecule has 0 aliphatic carbocycles. The van der Waals surface area contributed by atoms with Gasteiger partial charge in [0, 0.05) is 11.4 Å². The van der Waals surface area contributed by atoms with Gasteiger partial charge in [0.25, 0.3) is 5.56 Å². The van der Waals surface area contributed by atoms with Crippen molar-refractivity contribution in [3.63, 3.8) is 0 Å². The highest BCUT2D eigenvalue weighted by Crippen LogP contribution is 2.21. The minimum Gasteiger partial charge on any atom is -0.299 e. The predicted molar refractivity (Wildman–Crippen MR) is 88.0 cm³/mol. The number of rotatable bonds is 5. The number of hydrogen-bond acceptors (Lipinski definition) is 3. The molecule has 3 nitrogen and oxygen atoms in total. The third kappa shape index (κ3) is 3.05. The number of hydrogen-bond donors (Lipinski definition) is 0. The van der Waals surface area contributed by atoms with E-state index in [1.54, 1.807) is 22.2 Å². The molecule has 3 rings (SSSR count). The second-order valence-corrected chi connectivity index (χ2v) is 6.23. The Morgan fingerprint density at radius 2 is 2.05 bits per heavy atom. The van der Waals surface area contributed by atoms with Gasteiger partial charge in [0.2, 0.25) is 0 Å². The predicted octanol–water partition coefficient (Wildman–Crippen LogP) is 3.65. The fourth-order valence-corrected chi connectivity index (χ4v) is 3.37. The van der Waals surface area contributed by atoms with E-state index in [2.05, 4.69) is 24.0 Å². The van der Waals surface area contributed by atoms with Crippen LogP contribution in [0.5, 0.6) is 0 Å². The summed E-state index contributed by atoms with van der Waals surface area (Å²) >= 11 is 1.62. The van der Waals surface area contributed by atoms with Crippen LogP contribution in [0.3, 0.4) is 0 Å². The summed E-state index contributed by atoms with van der Waals surface area (Å²) in [5.41, 5.74) is 1.40. The molecular formula is C17H18N2OS. The molecule has 0 spiro atoms. The summed E-state index contributed by atoms with van der Waals surface area (Å²) in [6.07, 6.45) is 4.57. The van der Waals surface area contributed by atoms with Crippen LogP contribution in [0, 0.1) is 0 Å². The Bertz CT molecular complexity index is 789. The lowest BCUT2D eigenvalue weighted by Crippen LogP contribution is -2.20. The van der Waals surface area contributed by atoms with Crippen LogP contribution < -0.4 is 5.56 Å². The third-order valence-corrected chi connectivity index (χ3v) is 4.81. The van der Waals surface area contributed by atoms with Crippen molar-refractivity contribution in [2.75, 3.05) is 0 Å². The lowest BCUT2D eigenvalue weighted by atomic mass is 10.1. The van der Waals surface area contributed by atoms with Crippen molar-refractivity contribution >= 4 is 21.6 Å². The molecule has 0 radical (unpaired) electrons. The van der Waals surface area contributed by atoms with Crippen LogP contribution >= 0.6 is 11.3 Å². The highest BCUT2D eigenvalue weighted by Gasteiger charge is 2.08. The first-order valence-electron chi connectivity index (χ1n) is 7.29. The zero-order valence-electron chi connectivity index (χ0n) is 12.1. The molecule has 0 aliphatic heterocycles. The summed E-state index contributed by atoms with van der Waals surface area (Å²) in [6.45, 7) is 2.82. The molecule has 0 saturated carbocycles. The fraction of sp³-hybridized carbons (Fsp3) is 0.294. The van der Waals surface area contributed by atoms with Crippen LogP contribution in [0.25, 0.3) is 10.2 Å². The Hall–Kier alpha value is -1.94. The van der Waals surface area contributed by atoms with Gasteiger partial charge in [0.1, 0.15) is 4.83 Å². The summed E-state index contributed by atoms with van der Waals surface area (Å²) < 4.78 is 1.73. The number of nitrogens with zero attached hydrogens (tertiary/aromatic N) is 2. The molecule has 2 heterocycles. The number of thiophene rings is 1. The number of benzene rings is 1. The Labute approximate surface area is 127 Å². The molecule has 0 bridgehead atoms. The van der Waals surface area contributed by atoms with Gasteiger partial charge in [-0.3, -0.25) is 9.36 Å². The molecule has 4 heteroatoms. The van der Waals surface area contributed by atoms with Gasteiger partial charge in [-0.25, -0.2) is 4.98 Å². The lowest BCUT2D eigenvalue weighted by molar-refractivity contribution is 0.618. The maximum Gasteiger partial charge on any atom is 0.262 e. The van der Waals surface area contributed by atoms with Gasteiger partial charge in [0.15, 0.2) is 0 Å². The SMILES string of the molecule is CCc1cc2c(=O)n(CCCc3ccccc3)cnc2s1. The van der Waals surface area contributed by atoms with Gasteiger partial charge in [-0.15, -0.1) is 11.3 Å². The molecule has 0 saturated heterocycles. The quantitative estimate of drug-likeness (QED) is 0.720. The molecule has 108 valence electrons. The van der Waals surface area contributed by atoms with Crippen molar-refractivity contribution in [2.24, 2.45) is 0 Å². The first-order chi connectivity index (χ1) is 10.3. The second-order valence-electron chi connectivity index (χ2n) is 5.12. The standard InChI is InChI=1S/C17H18N2OS/c1-2-14-11-15-16(21-14)18-12-19(17(15)20)10-6-9-13-7-4-3-5-8-13/h3-5,7-8,11-12H,2,6,9-10H2,1H3. The van der Waals surface area contributed by atoms with Crippen LogP contribution in [0.2, 0.25) is 0 Å². The van der Waals surface area contributed by atoms with Crippen LogP contribution in [-0.4, -0.2) is 9.55 Å². The lowest BCUT2D eigenvalue weighted by Gasteiger charge is -2.05. The Kier molecular flexibility index (Phi) is 4.15. The number of aryl methyl sites for hydroxylation is 3. The summed E-state index contributed by atoms with van der Waals surface area (Å²) in [7, 11) is 0.